The van der Waals surface area contributed by atoms with Crippen molar-refractivity contribution < 1.29 is 42.1 Å². The van der Waals surface area contributed by atoms with Crippen LogP contribution in [0, 0.1) is 5.92 Å². The number of urea groups is 2. The molecule has 294 valence electrons. The summed E-state index contributed by atoms with van der Waals surface area (Å²) in [6.45, 7) is 5.80. The van der Waals surface area contributed by atoms with Gasteiger partial charge in [-0.15, -0.1) is 0 Å². The second-order valence-electron chi connectivity index (χ2n) is 14.0. The van der Waals surface area contributed by atoms with Crippen molar-refractivity contribution in [1.29, 1.82) is 0 Å². The molecule has 0 unspecified atom stereocenters. The smallest absolute Gasteiger partial charge is 0.416 e. The highest BCUT2D eigenvalue weighted by Crippen LogP contribution is 2.31. The quantitative estimate of drug-likeness (QED) is 0.149. The van der Waals surface area contributed by atoms with E-state index in [4.69, 9.17) is 9.47 Å². The summed E-state index contributed by atoms with van der Waals surface area (Å²) in [5.74, 6) is -0.443. The summed E-state index contributed by atoms with van der Waals surface area (Å²) in [5.41, 5.74) is 0.556. The van der Waals surface area contributed by atoms with Crippen molar-refractivity contribution in [2.75, 3.05) is 49.3 Å². The summed E-state index contributed by atoms with van der Waals surface area (Å²) >= 11 is 0. The average Bonchev–Trinajstić information content (AvgIpc) is 3.15. The van der Waals surface area contributed by atoms with E-state index >= 15 is 0 Å². The number of likely N-dealkylation sites (N-methyl/N-ethyl adjacent to an activating group) is 1. The lowest BCUT2D eigenvalue weighted by Gasteiger charge is -2.35. The Balaban J connectivity index is 1.35. The second kappa shape index (κ2) is 18.3. The fourth-order valence-corrected chi connectivity index (χ4v) is 6.40. The van der Waals surface area contributed by atoms with Gasteiger partial charge in [-0.3, -0.25) is 4.79 Å². The molecular formula is C41H48F3N5O6. The number of hydrogen-bond acceptors (Lipinski definition) is 6. The zero-order valence-corrected chi connectivity index (χ0v) is 31.4. The number of halogens is 3. The number of fused-ring (bicyclic) bond motifs is 2. The van der Waals surface area contributed by atoms with Crippen molar-refractivity contribution in [1.82, 2.24) is 9.80 Å². The first kappa shape index (κ1) is 40.8. The largest absolute Gasteiger partial charge is 0.490 e. The number of benzene rings is 4. The van der Waals surface area contributed by atoms with Crippen molar-refractivity contribution in [2.45, 2.75) is 64.5 Å². The zero-order chi connectivity index (χ0) is 39.7. The lowest BCUT2D eigenvalue weighted by molar-refractivity contribution is -0.137. The van der Waals surface area contributed by atoms with Crippen molar-refractivity contribution >= 4 is 45.8 Å². The Hall–Kier alpha value is -5.34. The molecule has 14 heteroatoms. The van der Waals surface area contributed by atoms with Crippen LogP contribution in [0.2, 0.25) is 0 Å². The molecule has 0 radical (unpaired) electrons. The first-order valence-corrected chi connectivity index (χ1v) is 18.3. The summed E-state index contributed by atoms with van der Waals surface area (Å²) in [4.78, 5) is 43.8. The second-order valence-corrected chi connectivity index (χ2v) is 14.0. The molecule has 0 saturated carbocycles. The van der Waals surface area contributed by atoms with Gasteiger partial charge in [0.25, 0.3) is 5.91 Å². The summed E-state index contributed by atoms with van der Waals surface area (Å²) in [6, 6.07) is 20.7. The number of carbonyl (C=O) groups excluding carboxylic acids is 3. The molecule has 0 aromatic heterocycles. The Morgan fingerprint density at radius 1 is 0.945 bits per heavy atom. The molecule has 0 bridgehead atoms. The highest BCUT2D eigenvalue weighted by atomic mass is 19.4. The molecule has 5 rings (SSSR count). The number of ether oxygens (including phenoxy) is 2. The maximum Gasteiger partial charge on any atom is 0.416 e. The molecule has 0 aliphatic carbocycles. The van der Waals surface area contributed by atoms with Crippen LogP contribution < -0.4 is 20.7 Å². The van der Waals surface area contributed by atoms with Gasteiger partial charge in [-0.05, 0) is 87.0 Å². The number of nitrogens with one attached hydrogen (secondary N) is 3. The number of aliphatic hydroxyl groups excluding tert-OH is 1. The Morgan fingerprint density at radius 3 is 2.38 bits per heavy atom. The van der Waals surface area contributed by atoms with E-state index in [0.717, 1.165) is 29.3 Å². The number of hydrogen-bond donors (Lipinski definition) is 4. The first-order valence-electron chi connectivity index (χ1n) is 18.3. The van der Waals surface area contributed by atoms with Crippen LogP contribution in [0.4, 0.5) is 39.8 Å². The SMILES string of the molecule is C[C@H](CO)N1C[C@H](C)[C@H](CN(C)C(=O)Nc2ccc(C(F)(F)F)cc2)OCCCC[C@H](C)Oc2ccc(NC(=O)Nc3cccc4ccccc34)cc2C1=O. The molecular weight excluding hydrogens is 715 g/mol. The molecule has 55 heavy (non-hydrogen) atoms. The van der Waals surface area contributed by atoms with Crippen LogP contribution >= 0.6 is 0 Å². The molecule has 4 aromatic rings. The Morgan fingerprint density at radius 2 is 1.65 bits per heavy atom. The molecule has 0 saturated heterocycles. The van der Waals surface area contributed by atoms with Gasteiger partial charge in [0.15, 0.2) is 0 Å². The molecule has 0 spiro atoms. The molecule has 5 amide bonds. The van der Waals surface area contributed by atoms with Crippen LogP contribution in [0.5, 0.6) is 5.75 Å². The van der Waals surface area contributed by atoms with E-state index < -0.39 is 41.9 Å². The standard InChI is InChI=1S/C41H48F3N5O6/c1-26-23-49(27(2)25-50)38(51)34-22-32(45-39(52)47-35-14-9-12-29-11-5-6-13-33(29)35)19-20-36(34)55-28(3)10-7-8-21-54-37(26)24-48(4)40(53)46-31-17-15-30(16-18-31)41(42,43)44/h5-6,9,11-20,22,26-28,37,50H,7-8,10,21,23-25H2,1-4H3,(H,46,53)(H2,45,47,52)/t26-,27+,28-,37-/m0/s1. The monoisotopic (exact) mass is 763 g/mol. The van der Waals surface area contributed by atoms with Crippen molar-refractivity contribution in [3.05, 3.63) is 96.1 Å². The minimum atomic E-state index is -4.50. The van der Waals surface area contributed by atoms with E-state index in [1.165, 1.54) is 21.9 Å². The van der Waals surface area contributed by atoms with Crippen LogP contribution in [-0.4, -0.2) is 84.5 Å². The van der Waals surface area contributed by atoms with Crippen LogP contribution in [0.3, 0.4) is 0 Å². The van der Waals surface area contributed by atoms with Crippen molar-refractivity contribution in [3.63, 3.8) is 0 Å². The molecule has 1 aliphatic heterocycles. The lowest BCUT2D eigenvalue weighted by atomic mass is 10.0. The van der Waals surface area contributed by atoms with Crippen LogP contribution in [0.15, 0.2) is 84.9 Å². The molecule has 4 atom stereocenters. The Bertz CT molecular complexity index is 1940. The molecule has 4 aromatic carbocycles. The van der Waals surface area contributed by atoms with E-state index in [2.05, 4.69) is 16.0 Å². The van der Waals surface area contributed by atoms with Gasteiger partial charge in [-0.2, -0.15) is 13.2 Å². The highest BCUT2D eigenvalue weighted by molar-refractivity contribution is 6.07. The molecule has 4 N–H and O–H groups in total. The molecule has 0 fully saturated rings. The van der Waals surface area contributed by atoms with E-state index in [1.54, 1.807) is 38.2 Å². The van der Waals surface area contributed by atoms with Gasteiger partial charge in [0, 0.05) is 49.4 Å². The fraction of sp³-hybridized carbons (Fsp3) is 0.390. The van der Waals surface area contributed by atoms with Crippen LogP contribution in [-0.2, 0) is 10.9 Å². The van der Waals surface area contributed by atoms with Gasteiger partial charge >= 0.3 is 18.2 Å². The van der Waals surface area contributed by atoms with E-state index in [-0.39, 0.29) is 43.0 Å². The third-order valence-corrected chi connectivity index (χ3v) is 9.61. The molecule has 1 heterocycles. The third kappa shape index (κ3) is 10.9. The fourth-order valence-electron chi connectivity index (χ4n) is 6.40. The summed E-state index contributed by atoms with van der Waals surface area (Å²) in [7, 11) is 1.56. The van der Waals surface area contributed by atoms with Gasteiger partial charge < -0.3 is 40.3 Å². The van der Waals surface area contributed by atoms with Gasteiger partial charge in [-0.1, -0.05) is 43.3 Å². The summed E-state index contributed by atoms with van der Waals surface area (Å²) in [5, 5.41) is 20.5. The van der Waals surface area contributed by atoms with Gasteiger partial charge in [0.05, 0.1) is 41.7 Å². The number of aliphatic hydroxyl groups is 1. The number of rotatable bonds is 7. The molecule has 1 aliphatic rings. The first-order chi connectivity index (χ1) is 26.2. The average molecular weight is 764 g/mol. The summed E-state index contributed by atoms with van der Waals surface area (Å²) < 4.78 is 51.7. The van der Waals surface area contributed by atoms with Gasteiger partial charge in [0.2, 0.25) is 0 Å². The number of amides is 5. The third-order valence-electron chi connectivity index (χ3n) is 9.61. The minimum Gasteiger partial charge on any atom is -0.490 e. The van der Waals surface area contributed by atoms with Crippen molar-refractivity contribution in [3.8, 4) is 5.75 Å². The number of carbonyl (C=O) groups is 3. The normalized spacial score (nSPS) is 19.0. The predicted molar refractivity (Wildman–Crippen MR) is 207 cm³/mol. The minimum absolute atomic E-state index is 0.110. The Kier molecular flexibility index (Phi) is 13.6. The van der Waals surface area contributed by atoms with Crippen molar-refractivity contribution in [2.24, 2.45) is 5.92 Å². The maximum atomic E-state index is 14.5. The Labute approximate surface area is 318 Å². The van der Waals surface area contributed by atoms with Crippen LogP contribution in [0.25, 0.3) is 10.8 Å². The number of alkyl halides is 3. The zero-order valence-electron chi connectivity index (χ0n) is 31.4. The molecule has 11 nitrogen and oxygen atoms in total. The maximum absolute atomic E-state index is 14.5. The number of nitrogens with zero attached hydrogens (tertiary/aromatic N) is 2. The van der Waals surface area contributed by atoms with Gasteiger partial charge in [0.1, 0.15) is 5.75 Å². The topological polar surface area (TPSA) is 132 Å². The van der Waals surface area contributed by atoms with E-state index in [9.17, 15) is 32.7 Å². The van der Waals surface area contributed by atoms with Crippen LogP contribution in [0.1, 0.15) is 56.0 Å². The van der Waals surface area contributed by atoms with E-state index in [1.807, 2.05) is 50.2 Å². The van der Waals surface area contributed by atoms with E-state index in [0.29, 0.717) is 36.6 Å². The highest BCUT2D eigenvalue weighted by Gasteiger charge is 2.32. The predicted octanol–water partition coefficient (Wildman–Crippen LogP) is 8.46. The van der Waals surface area contributed by atoms with Gasteiger partial charge in [-0.25, -0.2) is 9.59 Å². The lowest BCUT2D eigenvalue weighted by Crippen LogP contribution is -2.48. The summed E-state index contributed by atoms with van der Waals surface area (Å²) in [6.07, 6.45) is -3.18. The number of anilines is 3.